The van der Waals surface area contributed by atoms with Gasteiger partial charge in [-0.25, -0.2) is 0 Å². The summed E-state index contributed by atoms with van der Waals surface area (Å²) in [7, 11) is 1.49. The van der Waals surface area contributed by atoms with Gasteiger partial charge in [-0.2, -0.15) is 0 Å². The van der Waals surface area contributed by atoms with Crippen LogP contribution in [0.2, 0.25) is 0 Å². The number of nitrogens with one attached hydrogen (secondary N) is 2. The molecule has 3 N–H and O–H groups in total. The molecule has 6 nitrogen and oxygen atoms in total. The third kappa shape index (κ3) is 4.04. The molecule has 3 heterocycles. The second kappa shape index (κ2) is 9.53. The predicted octanol–water partition coefficient (Wildman–Crippen LogP) is 4.22. The smallest absolute Gasteiger partial charge is 0.323 e. The van der Waals surface area contributed by atoms with Crippen molar-refractivity contribution < 1.29 is 14.6 Å². The number of esters is 1. The number of carbonyl (C=O) groups is 1. The molecule has 1 saturated heterocycles. The van der Waals surface area contributed by atoms with Gasteiger partial charge in [-0.05, 0) is 41.5 Å². The van der Waals surface area contributed by atoms with Crippen molar-refractivity contribution in [1.29, 1.82) is 0 Å². The number of rotatable bonds is 6. The molecule has 2 aliphatic heterocycles. The molecule has 0 radical (unpaired) electrons. The van der Waals surface area contributed by atoms with Crippen LogP contribution in [0.1, 0.15) is 67.1 Å². The van der Waals surface area contributed by atoms with Crippen molar-refractivity contribution in [1.82, 2.24) is 15.2 Å². The Morgan fingerprint density at radius 1 is 1.15 bits per heavy atom. The quantitative estimate of drug-likeness (QED) is 0.479. The highest BCUT2D eigenvalue weighted by molar-refractivity contribution is 5.87. The minimum Gasteiger partial charge on any atom is -0.468 e. The van der Waals surface area contributed by atoms with Crippen LogP contribution in [-0.4, -0.2) is 53.3 Å². The topological polar surface area (TPSA) is 77.6 Å². The van der Waals surface area contributed by atoms with Gasteiger partial charge in [0.25, 0.3) is 0 Å². The number of ether oxygens (including phenoxy) is 1. The van der Waals surface area contributed by atoms with Gasteiger partial charge in [-0.3, -0.25) is 9.69 Å². The number of aliphatic hydroxyl groups excluding tert-OH is 1. The number of methoxy groups -OCH3 is 1. The molecule has 2 aliphatic rings. The summed E-state index contributed by atoms with van der Waals surface area (Å²) in [5.74, 6) is 0.297. The number of H-pyrrole nitrogens is 1. The first-order valence-corrected chi connectivity index (χ1v) is 12.4. The van der Waals surface area contributed by atoms with E-state index in [1.54, 1.807) is 0 Å². The number of carbonyl (C=O) groups excluding carboxylic acids is 1. The van der Waals surface area contributed by atoms with Gasteiger partial charge in [0.05, 0.1) is 19.8 Å². The first-order chi connectivity index (χ1) is 16.5. The van der Waals surface area contributed by atoms with Crippen molar-refractivity contribution in [2.75, 3.05) is 20.3 Å². The van der Waals surface area contributed by atoms with E-state index < -0.39 is 0 Å². The molecule has 0 aliphatic carbocycles. The van der Waals surface area contributed by atoms with E-state index in [-0.39, 0.29) is 36.7 Å². The van der Waals surface area contributed by atoms with Crippen molar-refractivity contribution in [2.24, 2.45) is 0 Å². The zero-order chi connectivity index (χ0) is 23.8. The van der Waals surface area contributed by atoms with Gasteiger partial charge in [0, 0.05) is 41.6 Å². The van der Waals surface area contributed by atoms with E-state index in [0.717, 1.165) is 18.4 Å². The minimum atomic E-state index is -0.338. The summed E-state index contributed by atoms with van der Waals surface area (Å²) in [5, 5.41) is 14.2. The summed E-state index contributed by atoms with van der Waals surface area (Å²) in [6.07, 6.45) is 2.38. The number of hydrogen-bond acceptors (Lipinski definition) is 5. The van der Waals surface area contributed by atoms with Crippen molar-refractivity contribution in [3.8, 4) is 0 Å². The Balaban J connectivity index is 1.62. The average Bonchev–Trinajstić information content (AvgIpc) is 3.25. The second-order valence-electron chi connectivity index (χ2n) is 9.95. The minimum absolute atomic E-state index is 0.0555. The van der Waals surface area contributed by atoms with Crippen molar-refractivity contribution in [3.05, 3.63) is 70.9 Å². The van der Waals surface area contributed by atoms with E-state index in [4.69, 9.17) is 4.74 Å². The fourth-order valence-electron chi connectivity index (χ4n) is 6.01. The van der Waals surface area contributed by atoms with Gasteiger partial charge in [-0.1, -0.05) is 56.3 Å². The Bertz CT molecular complexity index is 1150. The fraction of sp³-hybridized carbons (Fsp3) is 0.464. The van der Waals surface area contributed by atoms with Gasteiger partial charge in [0.15, 0.2) is 0 Å². The Morgan fingerprint density at radius 3 is 2.59 bits per heavy atom. The van der Waals surface area contributed by atoms with E-state index in [1.807, 2.05) is 6.07 Å². The van der Waals surface area contributed by atoms with Gasteiger partial charge >= 0.3 is 5.97 Å². The van der Waals surface area contributed by atoms with E-state index >= 15 is 0 Å². The van der Waals surface area contributed by atoms with Crippen LogP contribution >= 0.6 is 0 Å². The fourth-order valence-corrected chi connectivity index (χ4v) is 6.01. The Labute approximate surface area is 201 Å². The van der Waals surface area contributed by atoms with Crippen LogP contribution in [0.15, 0.2) is 48.5 Å². The molecular weight excluding hydrogens is 426 g/mol. The molecule has 1 fully saturated rings. The van der Waals surface area contributed by atoms with E-state index in [1.165, 1.54) is 34.9 Å². The zero-order valence-corrected chi connectivity index (χ0v) is 20.3. The number of hydrogen-bond donors (Lipinski definition) is 3. The Hall–Kier alpha value is -2.67. The number of fused-ring (bicyclic) bond motifs is 5. The maximum absolute atomic E-state index is 13.1. The first kappa shape index (κ1) is 23.1. The molecule has 0 spiro atoms. The molecule has 0 amide bonds. The molecule has 0 bridgehead atoms. The molecule has 0 unspecified atom stereocenters. The number of aromatic nitrogens is 1. The van der Waals surface area contributed by atoms with Crippen molar-refractivity contribution in [2.45, 2.75) is 63.2 Å². The number of para-hydroxylation sites is 1. The lowest BCUT2D eigenvalue weighted by atomic mass is 9.79. The molecule has 3 aromatic rings. The molecule has 2 aromatic carbocycles. The molecule has 34 heavy (non-hydrogen) atoms. The van der Waals surface area contributed by atoms with E-state index in [2.05, 4.69) is 71.5 Å². The number of aromatic amines is 1. The van der Waals surface area contributed by atoms with Crippen LogP contribution in [0.25, 0.3) is 10.9 Å². The third-order valence-corrected chi connectivity index (χ3v) is 7.68. The molecule has 0 saturated carbocycles. The number of aliphatic hydroxyl groups is 1. The van der Waals surface area contributed by atoms with Gasteiger partial charge in [0.1, 0.15) is 6.04 Å². The van der Waals surface area contributed by atoms with Crippen LogP contribution in [-0.2, 0) is 16.0 Å². The van der Waals surface area contributed by atoms with Gasteiger partial charge in [-0.15, -0.1) is 0 Å². The van der Waals surface area contributed by atoms with Crippen LogP contribution in [0.4, 0.5) is 0 Å². The van der Waals surface area contributed by atoms with Gasteiger partial charge in [0.2, 0.25) is 0 Å². The summed E-state index contributed by atoms with van der Waals surface area (Å²) < 4.78 is 5.33. The SMILES string of the molecule is COC(=O)[C@@H]1Cc2c([nH]c3ccccc23)[C@H]2C[C@H](NCCO)C[C@@H](c3ccc(C(C)C)cc3)N21. The highest BCUT2D eigenvalue weighted by Crippen LogP contribution is 2.48. The molecule has 6 heteroatoms. The summed E-state index contributed by atoms with van der Waals surface area (Å²) in [6, 6.07) is 17.2. The molecule has 5 rings (SSSR count). The second-order valence-corrected chi connectivity index (χ2v) is 9.95. The summed E-state index contributed by atoms with van der Waals surface area (Å²) in [5.41, 5.74) is 6.08. The third-order valence-electron chi connectivity index (χ3n) is 7.68. The lowest BCUT2D eigenvalue weighted by Crippen LogP contribution is -2.55. The molecular formula is C28H35N3O3. The highest BCUT2D eigenvalue weighted by Gasteiger charge is 2.48. The predicted molar refractivity (Wildman–Crippen MR) is 134 cm³/mol. The number of nitrogens with zero attached hydrogens (tertiary/aromatic N) is 1. The van der Waals surface area contributed by atoms with E-state index in [9.17, 15) is 9.90 Å². The lowest BCUT2D eigenvalue weighted by molar-refractivity contribution is -0.152. The molecule has 1 aromatic heterocycles. The highest BCUT2D eigenvalue weighted by atomic mass is 16.5. The van der Waals surface area contributed by atoms with Crippen molar-refractivity contribution >= 4 is 16.9 Å². The number of benzene rings is 2. The normalized spacial score (nSPS) is 24.7. The monoisotopic (exact) mass is 461 g/mol. The first-order valence-electron chi connectivity index (χ1n) is 12.4. The van der Waals surface area contributed by atoms with Crippen LogP contribution < -0.4 is 5.32 Å². The maximum Gasteiger partial charge on any atom is 0.323 e. The van der Waals surface area contributed by atoms with Gasteiger partial charge < -0.3 is 20.1 Å². The average molecular weight is 462 g/mol. The summed E-state index contributed by atoms with van der Waals surface area (Å²) in [4.78, 5) is 19.2. The van der Waals surface area contributed by atoms with Crippen LogP contribution in [0.5, 0.6) is 0 Å². The molecule has 4 atom stereocenters. The van der Waals surface area contributed by atoms with E-state index in [0.29, 0.717) is 18.9 Å². The van der Waals surface area contributed by atoms with Crippen LogP contribution in [0.3, 0.4) is 0 Å². The largest absolute Gasteiger partial charge is 0.468 e. The summed E-state index contributed by atoms with van der Waals surface area (Å²) >= 11 is 0. The Morgan fingerprint density at radius 2 is 1.88 bits per heavy atom. The van der Waals surface area contributed by atoms with Crippen LogP contribution in [0, 0.1) is 0 Å². The zero-order valence-electron chi connectivity index (χ0n) is 20.3. The Kier molecular flexibility index (Phi) is 6.47. The maximum atomic E-state index is 13.1. The molecule has 180 valence electrons. The standard InChI is InChI=1S/C28H35N3O3/c1-17(2)18-8-10-19(11-9-18)24-14-20(29-12-13-32)15-25-27-22(16-26(31(24)25)28(33)34-3)21-6-4-5-7-23(21)30-27/h4-11,17,20,24-26,29-30,32H,12-16H2,1-3H3/t20-,24+,25-,26+/m1/s1. The van der Waals surface area contributed by atoms with Crippen molar-refractivity contribution in [3.63, 3.8) is 0 Å². The number of piperidine rings is 1. The lowest BCUT2D eigenvalue weighted by Gasteiger charge is -2.50. The summed E-state index contributed by atoms with van der Waals surface area (Å²) in [6.45, 7) is 5.09.